The van der Waals surface area contributed by atoms with E-state index < -0.39 is 10.7 Å². The van der Waals surface area contributed by atoms with Crippen molar-refractivity contribution in [3.8, 4) is 0 Å². The van der Waals surface area contributed by atoms with Crippen molar-refractivity contribution in [3.63, 3.8) is 0 Å². The van der Waals surface area contributed by atoms with Gasteiger partial charge in [-0.2, -0.15) is 0 Å². The lowest BCUT2D eigenvalue weighted by atomic mass is 10.0. The molecule has 1 aliphatic rings. The average Bonchev–Trinajstić information content (AvgIpc) is 2.34. The zero-order valence-corrected chi connectivity index (χ0v) is 12.3. The molecular formula is C13H16BrFN2O2. The minimum atomic E-state index is -0.516. The number of benzene rings is 1. The Hall–Kier alpha value is -1.01. The van der Waals surface area contributed by atoms with Gasteiger partial charge >= 0.3 is 0 Å². The van der Waals surface area contributed by atoms with Crippen molar-refractivity contribution in [1.82, 2.24) is 4.90 Å². The Balaban J connectivity index is 2.30. The van der Waals surface area contributed by atoms with Crippen molar-refractivity contribution in [2.45, 2.75) is 38.8 Å². The second kappa shape index (κ2) is 5.96. The fourth-order valence-corrected chi connectivity index (χ4v) is 2.92. The predicted molar refractivity (Wildman–Crippen MR) is 74.5 cm³/mol. The highest BCUT2D eigenvalue weighted by Gasteiger charge is 2.25. The lowest BCUT2D eigenvalue weighted by Crippen LogP contribution is -2.37. The molecule has 0 aromatic heterocycles. The molecule has 104 valence electrons. The normalized spacial score (nSPS) is 20.5. The largest absolute Gasteiger partial charge is 0.296 e. The Labute approximate surface area is 119 Å². The molecule has 1 aromatic rings. The summed E-state index contributed by atoms with van der Waals surface area (Å²) in [6, 6.07) is 3.00. The molecular weight excluding hydrogens is 315 g/mol. The first-order chi connectivity index (χ1) is 8.99. The SMILES string of the molecule is CC1CCCCN1Cc1c(F)cc(Br)cc1[N+](=O)[O-]. The number of nitro groups is 1. The summed E-state index contributed by atoms with van der Waals surface area (Å²) in [4.78, 5) is 12.6. The summed E-state index contributed by atoms with van der Waals surface area (Å²) < 4.78 is 14.4. The van der Waals surface area contributed by atoms with E-state index in [0.717, 1.165) is 19.4 Å². The first kappa shape index (κ1) is 14.4. The summed E-state index contributed by atoms with van der Waals surface area (Å²) in [7, 11) is 0. The molecule has 1 aliphatic heterocycles. The van der Waals surface area contributed by atoms with E-state index in [-0.39, 0.29) is 11.3 Å². The molecule has 0 spiro atoms. The quantitative estimate of drug-likeness (QED) is 0.624. The highest BCUT2D eigenvalue weighted by molar-refractivity contribution is 9.10. The molecule has 0 aliphatic carbocycles. The number of nitrogens with zero attached hydrogens (tertiary/aromatic N) is 2. The third kappa shape index (κ3) is 3.30. The van der Waals surface area contributed by atoms with Crippen LogP contribution < -0.4 is 0 Å². The van der Waals surface area contributed by atoms with E-state index >= 15 is 0 Å². The van der Waals surface area contributed by atoms with Gasteiger partial charge in [0.15, 0.2) is 0 Å². The third-order valence-electron chi connectivity index (χ3n) is 3.64. The van der Waals surface area contributed by atoms with Crippen molar-refractivity contribution in [3.05, 3.63) is 38.1 Å². The summed E-state index contributed by atoms with van der Waals surface area (Å²) in [6.45, 7) is 3.26. The maximum Gasteiger partial charge on any atom is 0.277 e. The maximum atomic E-state index is 14.0. The van der Waals surface area contributed by atoms with Gasteiger partial charge in [0.05, 0.1) is 10.5 Å². The van der Waals surface area contributed by atoms with Gasteiger partial charge in [-0.15, -0.1) is 0 Å². The highest BCUT2D eigenvalue weighted by atomic mass is 79.9. The lowest BCUT2D eigenvalue weighted by Gasteiger charge is -2.33. The van der Waals surface area contributed by atoms with E-state index in [1.807, 2.05) is 0 Å². The van der Waals surface area contributed by atoms with Gasteiger partial charge in [0.25, 0.3) is 5.69 Å². The molecule has 1 heterocycles. The van der Waals surface area contributed by atoms with E-state index in [2.05, 4.69) is 27.8 Å². The molecule has 0 saturated carbocycles. The molecule has 1 aromatic carbocycles. The monoisotopic (exact) mass is 330 g/mol. The molecule has 1 fully saturated rings. The van der Waals surface area contributed by atoms with Crippen molar-refractivity contribution in [1.29, 1.82) is 0 Å². The fourth-order valence-electron chi connectivity index (χ4n) is 2.50. The second-order valence-corrected chi connectivity index (χ2v) is 5.87. The Morgan fingerprint density at radius 3 is 2.89 bits per heavy atom. The minimum Gasteiger partial charge on any atom is -0.296 e. The fraction of sp³-hybridized carbons (Fsp3) is 0.538. The lowest BCUT2D eigenvalue weighted by molar-refractivity contribution is -0.386. The zero-order valence-electron chi connectivity index (χ0n) is 10.7. The smallest absolute Gasteiger partial charge is 0.277 e. The predicted octanol–water partition coefficient (Wildman–Crippen LogP) is 3.87. The standard InChI is InChI=1S/C13H16BrFN2O2/c1-9-4-2-3-5-16(9)8-11-12(15)6-10(14)7-13(11)17(18)19/h6-7,9H,2-5,8H2,1H3. The van der Waals surface area contributed by atoms with Crippen LogP contribution in [0.2, 0.25) is 0 Å². The van der Waals surface area contributed by atoms with Crippen LogP contribution in [0.15, 0.2) is 16.6 Å². The first-order valence-electron chi connectivity index (χ1n) is 6.35. The molecule has 1 saturated heterocycles. The highest BCUT2D eigenvalue weighted by Crippen LogP contribution is 2.29. The van der Waals surface area contributed by atoms with Crippen LogP contribution in [0.3, 0.4) is 0 Å². The van der Waals surface area contributed by atoms with Gasteiger partial charge < -0.3 is 0 Å². The Morgan fingerprint density at radius 1 is 1.53 bits per heavy atom. The van der Waals surface area contributed by atoms with Gasteiger partial charge in [-0.05, 0) is 32.4 Å². The molecule has 2 rings (SSSR count). The first-order valence-corrected chi connectivity index (χ1v) is 7.14. The number of hydrogen-bond acceptors (Lipinski definition) is 3. The van der Waals surface area contributed by atoms with E-state index in [9.17, 15) is 14.5 Å². The summed E-state index contributed by atoms with van der Waals surface area (Å²) in [5, 5.41) is 11.0. The Bertz CT molecular complexity index is 496. The van der Waals surface area contributed by atoms with Gasteiger partial charge in [-0.25, -0.2) is 4.39 Å². The second-order valence-electron chi connectivity index (χ2n) is 4.96. The summed E-state index contributed by atoms with van der Waals surface area (Å²) in [6.07, 6.45) is 3.30. The van der Waals surface area contributed by atoms with Crippen LogP contribution in [0.4, 0.5) is 10.1 Å². The summed E-state index contributed by atoms with van der Waals surface area (Å²) in [5.74, 6) is -0.515. The van der Waals surface area contributed by atoms with Crippen LogP contribution in [0.5, 0.6) is 0 Å². The molecule has 0 amide bonds. The van der Waals surface area contributed by atoms with Crippen LogP contribution in [0.25, 0.3) is 0 Å². The van der Waals surface area contributed by atoms with Crippen LogP contribution in [-0.4, -0.2) is 22.4 Å². The van der Waals surface area contributed by atoms with Gasteiger partial charge in [0.2, 0.25) is 0 Å². The van der Waals surface area contributed by atoms with Crippen molar-refractivity contribution < 1.29 is 9.31 Å². The molecule has 0 bridgehead atoms. The van der Waals surface area contributed by atoms with Gasteiger partial charge in [-0.3, -0.25) is 15.0 Å². The molecule has 19 heavy (non-hydrogen) atoms. The number of rotatable bonds is 3. The number of likely N-dealkylation sites (tertiary alicyclic amines) is 1. The summed E-state index contributed by atoms with van der Waals surface area (Å²) >= 11 is 3.09. The molecule has 4 nitrogen and oxygen atoms in total. The molecule has 0 N–H and O–H groups in total. The van der Waals surface area contributed by atoms with Gasteiger partial charge in [0, 0.05) is 23.1 Å². The van der Waals surface area contributed by atoms with Crippen molar-refractivity contribution in [2.24, 2.45) is 0 Å². The molecule has 0 radical (unpaired) electrons. The number of piperidine rings is 1. The van der Waals surface area contributed by atoms with Gasteiger partial charge in [-0.1, -0.05) is 22.4 Å². The number of nitro benzene ring substituents is 1. The average molecular weight is 331 g/mol. The van der Waals surface area contributed by atoms with E-state index in [1.165, 1.54) is 18.6 Å². The Morgan fingerprint density at radius 2 is 2.26 bits per heavy atom. The van der Waals surface area contributed by atoms with Crippen molar-refractivity contribution in [2.75, 3.05) is 6.54 Å². The number of hydrogen-bond donors (Lipinski definition) is 0. The van der Waals surface area contributed by atoms with Crippen LogP contribution in [-0.2, 0) is 6.54 Å². The van der Waals surface area contributed by atoms with E-state index in [0.29, 0.717) is 17.1 Å². The molecule has 6 heteroatoms. The summed E-state index contributed by atoms with van der Waals surface area (Å²) in [5.41, 5.74) is 0.0339. The molecule has 1 atom stereocenters. The van der Waals surface area contributed by atoms with Crippen LogP contribution in [0, 0.1) is 15.9 Å². The maximum absolute atomic E-state index is 14.0. The van der Waals surface area contributed by atoms with Crippen LogP contribution >= 0.6 is 15.9 Å². The van der Waals surface area contributed by atoms with E-state index in [4.69, 9.17) is 0 Å². The zero-order chi connectivity index (χ0) is 14.0. The Kier molecular flexibility index (Phi) is 4.52. The van der Waals surface area contributed by atoms with Gasteiger partial charge in [0.1, 0.15) is 5.82 Å². The van der Waals surface area contributed by atoms with E-state index in [1.54, 1.807) is 0 Å². The van der Waals surface area contributed by atoms with Crippen LogP contribution in [0.1, 0.15) is 31.7 Å². The molecule has 1 unspecified atom stereocenters. The van der Waals surface area contributed by atoms with Crippen molar-refractivity contribution >= 4 is 21.6 Å². The topological polar surface area (TPSA) is 46.4 Å². The minimum absolute atomic E-state index is 0.148. The number of halogens is 2. The third-order valence-corrected chi connectivity index (χ3v) is 4.09.